The van der Waals surface area contributed by atoms with Gasteiger partial charge in [-0.1, -0.05) is 0 Å². The number of nitriles is 1. The molecule has 1 saturated carbocycles. The van der Waals surface area contributed by atoms with Crippen LogP contribution in [-0.2, 0) is 4.74 Å². The van der Waals surface area contributed by atoms with E-state index in [1.165, 1.54) is 0 Å². The Labute approximate surface area is 96.2 Å². The zero-order valence-corrected chi connectivity index (χ0v) is 9.74. The van der Waals surface area contributed by atoms with Crippen molar-refractivity contribution in [2.24, 2.45) is 11.3 Å². The lowest BCUT2D eigenvalue weighted by Gasteiger charge is -2.33. The highest BCUT2D eigenvalue weighted by molar-refractivity contribution is 5.67. The molecule has 2 aliphatic rings. The molecule has 0 aromatic rings. The van der Waals surface area contributed by atoms with E-state index in [0.717, 1.165) is 38.8 Å². The number of rotatable bonds is 2. The summed E-state index contributed by atoms with van der Waals surface area (Å²) in [6.45, 7) is 3.74. The number of likely N-dealkylation sites (tertiary alicyclic amines) is 1. The Hall–Kier alpha value is -1.24. The van der Waals surface area contributed by atoms with Crippen molar-refractivity contribution >= 4 is 6.09 Å². The van der Waals surface area contributed by atoms with Crippen molar-refractivity contribution < 1.29 is 9.53 Å². The molecule has 2 fully saturated rings. The highest BCUT2D eigenvalue weighted by Gasteiger charge is 2.50. The number of piperidine rings is 1. The van der Waals surface area contributed by atoms with Crippen molar-refractivity contribution in [1.29, 1.82) is 5.26 Å². The van der Waals surface area contributed by atoms with Crippen LogP contribution in [0.3, 0.4) is 0 Å². The number of carbonyl (C=O) groups is 1. The van der Waals surface area contributed by atoms with Crippen LogP contribution in [0.1, 0.15) is 32.6 Å². The second kappa shape index (κ2) is 4.32. The van der Waals surface area contributed by atoms with Crippen molar-refractivity contribution in [2.45, 2.75) is 32.6 Å². The molecule has 1 saturated heterocycles. The van der Waals surface area contributed by atoms with Crippen molar-refractivity contribution in [3.05, 3.63) is 0 Å². The SMILES string of the molecule is CCOC(=O)N1CCC(C2(C#N)CC2)CC1. The largest absolute Gasteiger partial charge is 0.450 e. The number of nitrogens with zero attached hydrogens (tertiary/aromatic N) is 2. The molecule has 0 N–H and O–H groups in total. The Bertz CT molecular complexity index is 309. The van der Waals surface area contributed by atoms with Gasteiger partial charge in [0.05, 0.1) is 18.1 Å². The molecule has 0 aromatic carbocycles. The summed E-state index contributed by atoms with van der Waals surface area (Å²) in [5.74, 6) is 0.489. The van der Waals surface area contributed by atoms with Crippen LogP contribution in [0.5, 0.6) is 0 Å². The summed E-state index contributed by atoms with van der Waals surface area (Å²) in [5.41, 5.74) is -0.0409. The van der Waals surface area contributed by atoms with Crippen LogP contribution in [0, 0.1) is 22.7 Å². The summed E-state index contributed by atoms with van der Waals surface area (Å²) in [7, 11) is 0. The Morgan fingerprint density at radius 1 is 1.50 bits per heavy atom. The van der Waals surface area contributed by atoms with E-state index in [-0.39, 0.29) is 11.5 Å². The Morgan fingerprint density at radius 2 is 2.12 bits per heavy atom. The van der Waals surface area contributed by atoms with Gasteiger partial charge in [0.15, 0.2) is 0 Å². The molecule has 88 valence electrons. The van der Waals surface area contributed by atoms with Crippen LogP contribution in [0.4, 0.5) is 4.79 Å². The molecule has 0 spiro atoms. The smallest absolute Gasteiger partial charge is 0.409 e. The van der Waals surface area contributed by atoms with Gasteiger partial charge < -0.3 is 9.64 Å². The van der Waals surface area contributed by atoms with E-state index >= 15 is 0 Å². The van der Waals surface area contributed by atoms with Crippen LogP contribution >= 0.6 is 0 Å². The van der Waals surface area contributed by atoms with Gasteiger partial charge in [-0.25, -0.2) is 4.79 Å². The van der Waals surface area contributed by atoms with E-state index in [2.05, 4.69) is 6.07 Å². The molecule has 0 bridgehead atoms. The zero-order chi connectivity index (χ0) is 11.6. The van der Waals surface area contributed by atoms with Crippen LogP contribution in [0.2, 0.25) is 0 Å². The quantitative estimate of drug-likeness (QED) is 0.719. The van der Waals surface area contributed by atoms with Crippen molar-refractivity contribution in [3.8, 4) is 6.07 Å². The van der Waals surface area contributed by atoms with Crippen molar-refractivity contribution in [1.82, 2.24) is 4.90 Å². The van der Waals surface area contributed by atoms with Gasteiger partial charge in [0.1, 0.15) is 0 Å². The van der Waals surface area contributed by atoms with Crippen LogP contribution in [-0.4, -0.2) is 30.7 Å². The minimum absolute atomic E-state index is 0.0409. The number of carbonyl (C=O) groups excluding carboxylic acids is 1. The number of hydrogen-bond donors (Lipinski definition) is 0. The third kappa shape index (κ3) is 1.99. The second-order valence-electron chi connectivity index (χ2n) is 4.73. The summed E-state index contributed by atoms with van der Waals surface area (Å²) < 4.78 is 4.97. The van der Waals surface area contributed by atoms with E-state index in [9.17, 15) is 4.79 Å². The van der Waals surface area contributed by atoms with Gasteiger partial charge in [-0.05, 0) is 38.5 Å². The summed E-state index contributed by atoms with van der Waals surface area (Å²) in [6.07, 6.45) is 3.79. The van der Waals surface area contributed by atoms with Gasteiger partial charge in [0.2, 0.25) is 0 Å². The normalized spacial score (nSPS) is 23.6. The van der Waals surface area contributed by atoms with Gasteiger partial charge in [-0.2, -0.15) is 5.26 Å². The van der Waals surface area contributed by atoms with E-state index < -0.39 is 0 Å². The summed E-state index contributed by atoms with van der Waals surface area (Å²) >= 11 is 0. The van der Waals surface area contributed by atoms with Crippen LogP contribution < -0.4 is 0 Å². The maximum Gasteiger partial charge on any atom is 0.409 e. The average Bonchev–Trinajstić information content (AvgIpc) is 3.10. The first-order chi connectivity index (χ1) is 7.72. The molecule has 4 heteroatoms. The Balaban J connectivity index is 1.83. The third-order valence-corrected chi connectivity index (χ3v) is 3.81. The zero-order valence-electron chi connectivity index (χ0n) is 9.74. The summed E-state index contributed by atoms with van der Waals surface area (Å²) in [5, 5.41) is 9.11. The molecule has 4 nitrogen and oxygen atoms in total. The molecule has 16 heavy (non-hydrogen) atoms. The maximum atomic E-state index is 11.5. The first-order valence-corrected chi connectivity index (χ1v) is 6.05. The number of ether oxygens (including phenoxy) is 1. The van der Waals surface area contributed by atoms with Gasteiger partial charge in [-0.3, -0.25) is 0 Å². The monoisotopic (exact) mass is 222 g/mol. The minimum atomic E-state index is -0.206. The lowest BCUT2D eigenvalue weighted by atomic mass is 9.82. The maximum absolute atomic E-state index is 11.5. The second-order valence-corrected chi connectivity index (χ2v) is 4.73. The number of hydrogen-bond acceptors (Lipinski definition) is 3. The molecular weight excluding hydrogens is 204 g/mol. The first-order valence-electron chi connectivity index (χ1n) is 6.05. The average molecular weight is 222 g/mol. The van der Waals surface area contributed by atoms with E-state index in [4.69, 9.17) is 10.00 Å². The minimum Gasteiger partial charge on any atom is -0.450 e. The van der Waals surface area contributed by atoms with Crippen molar-refractivity contribution in [3.63, 3.8) is 0 Å². The molecule has 2 rings (SSSR count). The van der Waals surface area contributed by atoms with Gasteiger partial charge >= 0.3 is 6.09 Å². The highest BCUT2D eigenvalue weighted by atomic mass is 16.6. The fourth-order valence-corrected chi connectivity index (χ4v) is 2.58. The van der Waals surface area contributed by atoms with Gasteiger partial charge in [-0.15, -0.1) is 0 Å². The molecule has 0 radical (unpaired) electrons. The highest BCUT2D eigenvalue weighted by Crippen LogP contribution is 2.54. The summed E-state index contributed by atoms with van der Waals surface area (Å²) in [4.78, 5) is 13.2. The molecule has 0 aromatic heterocycles. The molecule has 0 unspecified atom stereocenters. The van der Waals surface area contributed by atoms with Gasteiger partial charge in [0.25, 0.3) is 0 Å². The molecular formula is C12H18N2O2. The first kappa shape index (κ1) is 11.3. The Morgan fingerprint density at radius 3 is 2.56 bits per heavy atom. The predicted molar refractivity (Wildman–Crippen MR) is 58.6 cm³/mol. The predicted octanol–water partition coefficient (Wildman–Crippen LogP) is 2.16. The molecule has 1 amide bonds. The topological polar surface area (TPSA) is 53.3 Å². The fourth-order valence-electron chi connectivity index (χ4n) is 2.58. The van der Waals surface area contributed by atoms with E-state index in [1.54, 1.807) is 4.90 Å². The summed E-state index contributed by atoms with van der Waals surface area (Å²) in [6, 6.07) is 2.46. The molecule has 1 aliphatic heterocycles. The molecule has 1 aliphatic carbocycles. The van der Waals surface area contributed by atoms with Crippen LogP contribution in [0.25, 0.3) is 0 Å². The molecule has 1 heterocycles. The third-order valence-electron chi connectivity index (χ3n) is 3.81. The fraction of sp³-hybridized carbons (Fsp3) is 0.833. The lowest BCUT2D eigenvalue weighted by molar-refractivity contribution is 0.0859. The standard InChI is InChI=1S/C12H18N2O2/c1-2-16-11(15)14-7-3-10(4-8-14)12(9-13)5-6-12/h10H,2-8H2,1H3. The molecule has 0 atom stereocenters. The van der Waals surface area contributed by atoms with E-state index in [0.29, 0.717) is 12.5 Å². The van der Waals surface area contributed by atoms with Crippen molar-refractivity contribution in [2.75, 3.05) is 19.7 Å². The van der Waals surface area contributed by atoms with E-state index in [1.807, 2.05) is 6.92 Å². The lowest BCUT2D eigenvalue weighted by Crippen LogP contribution is -2.40. The number of amides is 1. The van der Waals surface area contributed by atoms with Gasteiger partial charge in [0, 0.05) is 13.1 Å². The van der Waals surface area contributed by atoms with Crippen LogP contribution in [0.15, 0.2) is 0 Å². The Kier molecular flexibility index (Phi) is 3.04.